The fourth-order valence-corrected chi connectivity index (χ4v) is 1.04. The van der Waals surface area contributed by atoms with Crippen molar-refractivity contribution in [3.63, 3.8) is 0 Å². The lowest BCUT2D eigenvalue weighted by Gasteiger charge is -2.37. The first-order valence-corrected chi connectivity index (χ1v) is 3.61. The fraction of sp³-hybridized carbons (Fsp3) is 0.857. The molecule has 3 nitrogen and oxygen atoms in total. The second-order valence-corrected chi connectivity index (χ2v) is 2.50. The summed E-state index contributed by atoms with van der Waals surface area (Å²) in [6, 6.07) is 0. The molecule has 0 radical (unpaired) electrons. The van der Waals surface area contributed by atoms with E-state index in [0.717, 1.165) is 19.7 Å². The van der Waals surface area contributed by atoms with E-state index in [-0.39, 0.29) is 5.91 Å². The van der Waals surface area contributed by atoms with Gasteiger partial charge in [-0.2, -0.15) is 0 Å². The Morgan fingerprint density at radius 3 is 2.70 bits per heavy atom. The maximum Gasteiger partial charge on any atom is 0.219 e. The van der Waals surface area contributed by atoms with E-state index in [1.54, 1.807) is 11.8 Å². The summed E-state index contributed by atoms with van der Waals surface area (Å²) in [6.45, 7) is 5.86. The van der Waals surface area contributed by atoms with E-state index in [1.165, 1.54) is 0 Å². The highest BCUT2D eigenvalue weighted by atomic mass is 16.5. The van der Waals surface area contributed by atoms with Crippen molar-refractivity contribution in [2.24, 2.45) is 0 Å². The van der Waals surface area contributed by atoms with Gasteiger partial charge in [0.1, 0.15) is 0 Å². The van der Waals surface area contributed by atoms with Crippen LogP contribution in [0.5, 0.6) is 0 Å². The lowest BCUT2D eigenvalue weighted by atomic mass is 10.2. The summed E-state index contributed by atoms with van der Waals surface area (Å²) in [7, 11) is 0. The Labute approximate surface area is 61.0 Å². The first-order valence-electron chi connectivity index (χ1n) is 3.61. The molecule has 0 aromatic heterocycles. The third kappa shape index (κ3) is 1.48. The average molecular weight is 143 g/mol. The molecule has 1 rings (SSSR count). The van der Waals surface area contributed by atoms with E-state index in [1.807, 2.05) is 6.92 Å². The number of rotatable bonds is 2. The van der Waals surface area contributed by atoms with Crippen LogP contribution in [0.2, 0.25) is 0 Å². The van der Waals surface area contributed by atoms with Crippen LogP contribution in [0, 0.1) is 0 Å². The van der Waals surface area contributed by atoms with Gasteiger partial charge in [0.05, 0.1) is 6.10 Å². The largest absolute Gasteiger partial charge is 0.375 e. The van der Waals surface area contributed by atoms with Crippen molar-refractivity contribution >= 4 is 5.91 Å². The van der Waals surface area contributed by atoms with Gasteiger partial charge in [-0.15, -0.1) is 0 Å². The minimum Gasteiger partial charge on any atom is -0.375 e. The van der Waals surface area contributed by atoms with Gasteiger partial charge >= 0.3 is 0 Å². The summed E-state index contributed by atoms with van der Waals surface area (Å²) in [5, 5.41) is 0. The summed E-state index contributed by atoms with van der Waals surface area (Å²) in [6.07, 6.45) is 0.300. The molecular weight excluding hydrogens is 130 g/mol. The van der Waals surface area contributed by atoms with Crippen LogP contribution in [0.25, 0.3) is 0 Å². The zero-order valence-electron chi connectivity index (χ0n) is 6.46. The zero-order chi connectivity index (χ0) is 7.56. The van der Waals surface area contributed by atoms with Crippen molar-refractivity contribution in [3.05, 3.63) is 0 Å². The van der Waals surface area contributed by atoms with Crippen LogP contribution < -0.4 is 0 Å². The Kier molecular flexibility index (Phi) is 2.27. The molecule has 0 saturated carbocycles. The van der Waals surface area contributed by atoms with Crippen molar-refractivity contribution in [2.75, 3.05) is 19.7 Å². The predicted molar refractivity (Wildman–Crippen MR) is 37.7 cm³/mol. The van der Waals surface area contributed by atoms with Gasteiger partial charge in [0.15, 0.2) is 0 Å². The zero-order valence-corrected chi connectivity index (χ0v) is 6.46. The van der Waals surface area contributed by atoms with Gasteiger partial charge in [-0.25, -0.2) is 0 Å². The minimum atomic E-state index is 0.149. The number of likely N-dealkylation sites (tertiary alicyclic amines) is 1. The Morgan fingerprint density at radius 1 is 1.70 bits per heavy atom. The second-order valence-electron chi connectivity index (χ2n) is 2.50. The number of carbonyl (C=O) groups is 1. The Hall–Kier alpha value is -0.570. The van der Waals surface area contributed by atoms with Gasteiger partial charge in [-0.3, -0.25) is 4.79 Å². The van der Waals surface area contributed by atoms with Gasteiger partial charge < -0.3 is 9.64 Å². The fourth-order valence-electron chi connectivity index (χ4n) is 1.04. The third-order valence-corrected chi connectivity index (χ3v) is 1.70. The quantitative estimate of drug-likeness (QED) is 0.554. The molecule has 1 amide bonds. The van der Waals surface area contributed by atoms with Crippen LogP contribution in [0.15, 0.2) is 0 Å². The number of ether oxygens (including phenoxy) is 1. The maximum absolute atomic E-state index is 10.6. The Balaban J connectivity index is 2.12. The molecule has 0 atom stereocenters. The van der Waals surface area contributed by atoms with Crippen molar-refractivity contribution < 1.29 is 9.53 Å². The van der Waals surface area contributed by atoms with Crippen LogP contribution in [0.3, 0.4) is 0 Å². The molecule has 0 unspecified atom stereocenters. The molecule has 10 heavy (non-hydrogen) atoms. The molecule has 1 aliphatic heterocycles. The molecular formula is C7H13NO2. The summed E-state index contributed by atoms with van der Waals surface area (Å²) in [4.78, 5) is 12.4. The Morgan fingerprint density at radius 2 is 2.30 bits per heavy atom. The normalized spacial score (nSPS) is 18.8. The molecule has 3 heteroatoms. The molecule has 1 fully saturated rings. The number of carbonyl (C=O) groups excluding carboxylic acids is 1. The van der Waals surface area contributed by atoms with E-state index in [2.05, 4.69) is 0 Å². The Bertz CT molecular complexity index is 130. The van der Waals surface area contributed by atoms with Gasteiger partial charge in [0.2, 0.25) is 5.91 Å². The lowest BCUT2D eigenvalue weighted by Crippen LogP contribution is -2.53. The van der Waals surface area contributed by atoms with Crippen molar-refractivity contribution in [1.82, 2.24) is 4.90 Å². The van der Waals surface area contributed by atoms with Gasteiger partial charge in [-0.1, -0.05) is 0 Å². The molecule has 1 saturated heterocycles. The van der Waals surface area contributed by atoms with E-state index in [0.29, 0.717) is 6.10 Å². The van der Waals surface area contributed by atoms with Crippen molar-refractivity contribution in [3.8, 4) is 0 Å². The molecule has 58 valence electrons. The van der Waals surface area contributed by atoms with E-state index in [9.17, 15) is 4.79 Å². The predicted octanol–water partition coefficient (Wildman–Crippen LogP) is 0.254. The molecule has 0 N–H and O–H groups in total. The van der Waals surface area contributed by atoms with E-state index >= 15 is 0 Å². The highest BCUT2D eigenvalue weighted by molar-refractivity contribution is 5.74. The monoisotopic (exact) mass is 143 g/mol. The second kappa shape index (κ2) is 3.01. The smallest absolute Gasteiger partial charge is 0.219 e. The molecule has 0 spiro atoms. The topological polar surface area (TPSA) is 29.5 Å². The first-order chi connectivity index (χ1) is 4.74. The van der Waals surface area contributed by atoms with E-state index < -0.39 is 0 Å². The lowest BCUT2D eigenvalue weighted by molar-refractivity contribution is -0.142. The van der Waals surface area contributed by atoms with Gasteiger partial charge in [0, 0.05) is 26.6 Å². The van der Waals surface area contributed by atoms with Crippen molar-refractivity contribution in [1.29, 1.82) is 0 Å². The first kappa shape index (κ1) is 7.54. The van der Waals surface area contributed by atoms with Gasteiger partial charge in [-0.05, 0) is 6.92 Å². The average Bonchev–Trinajstić information content (AvgIpc) is 1.76. The standard InChI is InChI=1S/C7H13NO2/c1-3-10-7-4-8(5-7)6(2)9/h7H,3-5H2,1-2H3. The number of hydrogen-bond acceptors (Lipinski definition) is 2. The summed E-state index contributed by atoms with van der Waals surface area (Å²) >= 11 is 0. The highest BCUT2D eigenvalue weighted by Gasteiger charge is 2.28. The highest BCUT2D eigenvalue weighted by Crippen LogP contribution is 2.10. The van der Waals surface area contributed by atoms with Crippen LogP contribution in [0.1, 0.15) is 13.8 Å². The molecule has 0 bridgehead atoms. The number of hydrogen-bond donors (Lipinski definition) is 0. The third-order valence-electron chi connectivity index (χ3n) is 1.70. The molecule has 1 aliphatic rings. The number of amides is 1. The SMILES string of the molecule is CCOC1CN(C(C)=O)C1. The minimum absolute atomic E-state index is 0.149. The molecule has 1 heterocycles. The molecule has 0 aliphatic carbocycles. The molecule has 0 aromatic carbocycles. The van der Waals surface area contributed by atoms with Crippen LogP contribution >= 0.6 is 0 Å². The van der Waals surface area contributed by atoms with Crippen LogP contribution in [-0.4, -0.2) is 36.6 Å². The number of nitrogens with zero attached hydrogens (tertiary/aromatic N) is 1. The van der Waals surface area contributed by atoms with Gasteiger partial charge in [0.25, 0.3) is 0 Å². The maximum atomic E-state index is 10.6. The summed E-state index contributed by atoms with van der Waals surface area (Å²) in [5.74, 6) is 0.149. The van der Waals surface area contributed by atoms with Crippen LogP contribution in [0.4, 0.5) is 0 Å². The molecule has 0 aromatic rings. The summed E-state index contributed by atoms with van der Waals surface area (Å²) in [5.41, 5.74) is 0. The van der Waals surface area contributed by atoms with E-state index in [4.69, 9.17) is 4.74 Å². The van der Waals surface area contributed by atoms with Crippen LogP contribution in [-0.2, 0) is 9.53 Å². The summed E-state index contributed by atoms with van der Waals surface area (Å²) < 4.78 is 5.26. The van der Waals surface area contributed by atoms with Crippen molar-refractivity contribution in [2.45, 2.75) is 20.0 Å².